The molecule has 6 N–H and O–H groups in total. The fourth-order valence-electron chi connectivity index (χ4n) is 3.14. The zero-order chi connectivity index (χ0) is 20.1. The van der Waals surface area contributed by atoms with Crippen molar-refractivity contribution in [1.29, 1.82) is 0 Å². The van der Waals surface area contributed by atoms with Gasteiger partial charge in [0.1, 0.15) is 17.0 Å². The highest BCUT2D eigenvalue weighted by atomic mass is 32.1. The summed E-state index contributed by atoms with van der Waals surface area (Å²) >= 11 is 1.18. The van der Waals surface area contributed by atoms with E-state index in [0.717, 1.165) is 23.3 Å². The molecule has 9 heteroatoms. The van der Waals surface area contributed by atoms with E-state index in [1.54, 1.807) is 6.07 Å². The Morgan fingerprint density at radius 3 is 2.57 bits per heavy atom. The maximum atomic E-state index is 12.9. The number of urea groups is 1. The number of ether oxygens (including phenoxy) is 1. The van der Waals surface area contributed by atoms with Crippen molar-refractivity contribution >= 4 is 34.9 Å². The maximum absolute atomic E-state index is 12.9. The molecule has 2 aromatic rings. The van der Waals surface area contributed by atoms with Crippen molar-refractivity contribution in [3.63, 3.8) is 0 Å². The van der Waals surface area contributed by atoms with Crippen molar-refractivity contribution in [3.05, 3.63) is 41.3 Å². The van der Waals surface area contributed by atoms with Crippen LogP contribution in [0.15, 0.2) is 36.4 Å². The summed E-state index contributed by atoms with van der Waals surface area (Å²) < 4.78 is 5.62. The first-order chi connectivity index (χ1) is 13.5. The van der Waals surface area contributed by atoms with E-state index < -0.39 is 30.1 Å². The van der Waals surface area contributed by atoms with Gasteiger partial charge in [-0.05, 0) is 37.4 Å². The molecule has 148 valence electrons. The third kappa shape index (κ3) is 4.68. The number of thiophene rings is 1. The van der Waals surface area contributed by atoms with E-state index in [9.17, 15) is 14.4 Å². The van der Waals surface area contributed by atoms with Crippen LogP contribution in [0.1, 0.15) is 28.9 Å². The van der Waals surface area contributed by atoms with Gasteiger partial charge in [-0.3, -0.25) is 4.79 Å². The van der Waals surface area contributed by atoms with Crippen LogP contribution < -0.4 is 22.1 Å². The summed E-state index contributed by atoms with van der Waals surface area (Å²) in [6.45, 7) is 0.632. The Morgan fingerprint density at radius 1 is 1.14 bits per heavy atom. The van der Waals surface area contributed by atoms with Crippen LogP contribution in [-0.2, 0) is 9.53 Å². The van der Waals surface area contributed by atoms with E-state index in [2.05, 4.69) is 10.6 Å². The fraction of sp³-hybridized carbons (Fsp3) is 0.316. The molecule has 0 bridgehead atoms. The number of hydrogen-bond acceptors (Lipinski definition) is 6. The number of hydrogen-bond donors (Lipinski definition) is 4. The number of nitrogens with one attached hydrogen (secondary N) is 2. The molecule has 1 aromatic heterocycles. The number of primary amides is 2. The molecule has 0 spiro atoms. The summed E-state index contributed by atoms with van der Waals surface area (Å²) in [6.07, 6.45) is 1.53. The standard InChI is InChI=1S/C19H22N4O4S/c20-17(24)15-13(8-4-5-9-22-15)27-18(25)16-12(23-19(21)26)10-14(28-16)11-6-2-1-3-7-11/h1-3,6-7,10,13,15,22H,4-5,8-9H2,(H2,20,24)(H3,21,23,26). The number of amides is 3. The number of anilines is 1. The summed E-state index contributed by atoms with van der Waals surface area (Å²) in [6, 6.07) is 9.59. The first-order valence-corrected chi connectivity index (χ1v) is 9.76. The molecule has 3 amide bonds. The van der Waals surface area contributed by atoms with Crippen molar-refractivity contribution < 1.29 is 19.1 Å². The van der Waals surface area contributed by atoms with E-state index >= 15 is 0 Å². The molecule has 2 atom stereocenters. The van der Waals surface area contributed by atoms with Gasteiger partial charge in [-0.15, -0.1) is 11.3 Å². The lowest BCUT2D eigenvalue weighted by Crippen LogP contribution is -2.50. The Morgan fingerprint density at radius 2 is 1.89 bits per heavy atom. The van der Waals surface area contributed by atoms with Gasteiger partial charge in [0.15, 0.2) is 0 Å². The number of carbonyl (C=O) groups is 3. The van der Waals surface area contributed by atoms with Gasteiger partial charge >= 0.3 is 12.0 Å². The van der Waals surface area contributed by atoms with Crippen LogP contribution in [0.5, 0.6) is 0 Å². The van der Waals surface area contributed by atoms with Crippen molar-refractivity contribution in [2.75, 3.05) is 11.9 Å². The predicted octanol–water partition coefficient (Wildman–Crippen LogP) is 2.06. The molecule has 0 aliphatic carbocycles. The molecular weight excluding hydrogens is 380 g/mol. The Bertz CT molecular complexity index is 868. The highest BCUT2D eigenvalue weighted by Gasteiger charge is 2.32. The lowest BCUT2D eigenvalue weighted by molar-refractivity contribution is -0.122. The number of esters is 1. The maximum Gasteiger partial charge on any atom is 0.350 e. The first-order valence-electron chi connectivity index (χ1n) is 8.95. The van der Waals surface area contributed by atoms with Gasteiger partial charge in [0, 0.05) is 4.88 Å². The Balaban J connectivity index is 1.87. The van der Waals surface area contributed by atoms with E-state index in [4.69, 9.17) is 16.2 Å². The Kier molecular flexibility index (Phi) is 6.27. The molecule has 1 aromatic carbocycles. The van der Waals surface area contributed by atoms with Gasteiger partial charge < -0.3 is 26.8 Å². The van der Waals surface area contributed by atoms with Crippen LogP contribution in [0.3, 0.4) is 0 Å². The number of rotatable bonds is 5. The summed E-state index contributed by atoms with van der Waals surface area (Å²) in [5.74, 6) is -1.19. The largest absolute Gasteiger partial charge is 0.456 e. The van der Waals surface area contributed by atoms with E-state index in [-0.39, 0.29) is 10.6 Å². The van der Waals surface area contributed by atoms with Crippen LogP contribution in [0, 0.1) is 0 Å². The van der Waals surface area contributed by atoms with E-state index in [1.165, 1.54) is 11.3 Å². The zero-order valence-electron chi connectivity index (χ0n) is 15.1. The summed E-state index contributed by atoms with van der Waals surface area (Å²) in [5, 5.41) is 5.50. The van der Waals surface area contributed by atoms with Gasteiger partial charge in [-0.2, -0.15) is 0 Å². The van der Waals surface area contributed by atoms with Gasteiger partial charge in [-0.1, -0.05) is 30.3 Å². The molecule has 1 fully saturated rings. The minimum absolute atomic E-state index is 0.213. The molecule has 28 heavy (non-hydrogen) atoms. The molecule has 3 rings (SSSR count). The van der Waals surface area contributed by atoms with Crippen LogP contribution in [0.4, 0.5) is 10.5 Å². The molecule has 0 saturated carbocycles. The second-order valence-electron chi connectivity index (χ2n) is 6.48. The van der Waals surface area contributed by atoms with Crippen molar-refractivity contribution in [3.8, 4) is 10.4 Å². The van der Waals surface area contributed by atoms with Crippen LogP contribution in [0.2, 0.25) is 0 Å². The monoisotopic (exact) mass is 402 g/mol. The van der Waals surface area contributed by atoms with Crippen LogP contribution in [-0.4, -0.2) is 36.6 Å². The lowest BCUT2D eigenvalue weighted by Gasteiger charge is -2.23. The quantitative estimate of drug-likeness (QED) is 0.568. The third-order valence-corrected chi connectivity index (χ3v) is 5.61. The Labute approximate surface area is 166 Å². The highest BCUT2D eigenvalue weighted by Crippen LogP contribution is 2.35. The molecule has 1 aliphatic heterocycles. The summed E-state index contributed by atoms with van der Waals surface area (Å²) in [5.41, 5.74) is 11.9. The minimum atomic E-state index is -0.780. The van der Waals surface area contributed by atoms with Crippen LogP contribution >= 0.6 is 11.3 Å². The normalized spacial score (nSPS) is 19.4. The second-order valence-corrected chi connectivity index (χ2v) is 7.53. The smallest absolute Gasteiger partial charge is 0.350 e. The van der Waals surface area contributed by atoms with Crippen molar-refractivity contribution in [2.24, 2.45) is 11.5 Å². The Hall–Kier alpha value is -2.91. The van der Waals surface area contributed by atoms with Gasteiger partial charge in [-0.25, -0.2) is 9.59 Å². The summed E-state index contributed by atoms with van der Waals surface area (Å²) in [4.78, 5) is 36.9. The van der Waals surface area contributed by atoms with E-state index in [0.29, 0.717) is 13.0 Å². The number of nitrogens with two attached hydrogens (primary N) is 2. The molecule has 1 aliphatic rings. The molecule has 0 radical (unpaired) electrons. The molecule has 1 saturated heterocycles. The van der Waals surface area contributed by atoms with Gasteiger partial charge in [0.05, 0.1) is 5.69 Å². The fourth-order valence-corrected chi connectivity index (χ4v) is 4.14. The second kappa shape index (κ2) is 8.85. The van der Waals surface area contributed by atoms with Gasteiger partial charge in [0.25, 0.3) is 0 Å². The SMILES string of the molecule is NC(=O)Nc1cc(-c2ccccc2)sc1C(=O)OC1CCCCNC1C(N)=O. The molecular formula is C19H22N4O4S. The lowest BCUT2D eigenvalue weighted by atomic mass is 10.1. The topological polar surface area (TPSA) is 137 Å². The van der Waals surface area contributed by atoms with Crippen LogP contribution in [0.25, 0.3) is 10.4 Å². The minimum Gasteiger partial charge on any atom is -0.456 e. The average molecular weight is 402 g/mol. The average Bonchev–Trinajstić information content (AvgIpc) is 2.93. The molecule has 2 heterocycles. The number of carbonyl (C=O) groups excluding carboxylic acids is 3. The highest BCUT2D eigenvalue weighted by molar-refractivity contribution is 7.18. The third-order valence-electron chi connectivity index (χ3n) is 4.45. The summed E-state index contributed by atoms with van der Waals surface area (Å²) in [7, 11) is 0. The molecule has 2 unspecified atom stereocenters. The van der Waals surface area contributed by atoms with Gasteiger partial charge in [0.2, 0.25) is 5.91 Å². The predicted molar refractivity (Wildman–Crippen MR) is 107 cm³/mol. The van der Waals surface area contributed by atoms with Crippen molar-refractivity contribution in [1.82, 2.24) is 5.32 Å². The number of benzene rings is 1. The van der Waals surface area contributed by atoms with E-state index in [1.807, 2.05) is 30.3 Å². The van der Waals surface area contributed by atoms with Crippen molar-refractivity contribution in [2.45, 2.75) is 31.4 Å². The first kappa shape index (κ1) is 19.8. The molecule has 8 nitrogen and oxygen atoms in total. The zero-order valence-corrected chi connectivity index (χ0v) is 16.0.